The van der Waals surface area contributed by atoms with Crippen LogP contribution in [0.4, 0.5) is 11.4 Å². The summed E-state index contributed by atoms with van der Waals surface area (Å²) in [6.07, 6.45) is 0.890. The zero-order valence-corrected chi connectivity index (χ0v) is 12.9. The summed E-state index contributed by atoms with van der Waals surface area (Å²) in [5, 5.41) is 14.2. The second kappa shape index (κ2) is 6.51. The van der Waals surface area contributed by atoms with Crippen molar-refractivity contribution >= 4 is 27.3 Å². The Labute approximate surface area is 125 Å². The molecule has 0 heterocycles. The summed E-state index contributed by atoms with van der Waals surface area (Å²) in [6.45, 7) is 2.60. The fourth-order valence-electron chi connectivity index (χ4n) is 2.37. The van der Waals surface area contributed by atoms with Gasteiger partial charge < -0.3 is 14.8 Å². The van der Waals surface area contributed by atoms with Gasteiger partial charge in [0.15, 0.2) is 0 Å². The summed E-state index contributed by atoms with van der Waals surface area (Å²) in [6, 6.07) is 5.10. The third-order valence-corrected chi connectivity index (χ3v) is 4.07. The Kier molecular flexibility index (Phi) is 4.95. The number of nitrogens with one attached hydrogen (secondary N) is 1. The van der Waals surface area contributed by atoms with E-state index >= 15 is 0 Å². The van der Waals surface area contributed by atoms with Gasteiger partial charge in [-0.2, -0.15) is 0 Å². The van der Waals surface area contributed by atoms with Crippen molar-refractivity contribution < 1.29 is 14.4 Å². The maximum absolute atomic E-state index is 10.9. The normalized spacial score (nSPS) is 25.1. The van der Waals surface area contributed by atoms with Crippen LogP contribution in [0.25, 0.3) is 0 Å². The first-order chi connectivity index (χ1) is 9.56. The summed E-state index contributed by atoms with van der Waals surface area (Å²) in [5.41, 5.74) is 0.756. The summed E-state index contributed by atoms with van der Waals surface area (Å²) >= 11 is 3.17. The molecule has 3 atom stereocenters. The topological polar surface area (TPSA) is 73.6 Å². The summed E-state index contributed by atoms with van der Waals surface area (Å²) in [4.78, 5) is 10.5. The molecule has 1 saturated carbocycles. The van der Waals surface area contributed by atoms with Crippen molar-refractivity contribution in [3.8, 4) is 0 Å². The molecule has 7 heteroatoms. The molecule has 0 bridgehead atoms. The lowest BCUT2D eigenvalue weighted by molar-refractivity contribution is -0.385. The van der Waals surface area contributed by atoms with Gasteiger partial charge in [0.1, 0.15) is 6.10 Å². The second-order valence-electron chi connectivity index (χ2n) is 4.60. The van der Waals surface area contributed by atoms with Gasteiger partial charge in [0, 0.05) is 25.5 Å². The Morgan fingerprint density at radius 1 is 1.55 bits per heavy atom. The molecule has 2 rings (SSSR count). The number of nitrogens with zero attached hydrogens (tertiary/aromatic N) is 1. The largest absolute Gasteiger partial charge is 0.379 e. The summed E-state index contributed by atoms with van der Waals surface area (Å²) < 4.78 is 11.4. The molecule has 0 aliphatic heterocycles. The number of halogens is 1. The minimum Gasteiger partial charge on any atom is -0.379 e. The van der Waals surface area contributed by atoms with Crippen LogP contribution in [0.3, 0.4) is 0 Å². The van der Waals surface area contributed by atoms with Crippen molar-refractivity contribution in [3.05, 3.63) is 32.8 Å². The van der Waals surface area contributed by atoms with Gasteiger partial charge in [-0.1, -0.05) is 0 Å². The van der Waals surface area contributed by atoms with E-state index in [-0.39, 0.29) is 23.9 Å². The van der Waals surface area contributed by atoms with Gasteiger partial charge in [-0.15, -0.1) is 0 Å². The van der Waals surface area contributed by atoms with Gasteiger partial charge in [-0.05, 0) is 41.4 Å². The predicted octanol–water partition coefficient (Wildman–Crippen LogP) is 2.96. The average molecular weight is 345 g/mol. The van der Waals surface area contributed by atoms with Crippen molar-refractivity contribution in [2.24, 2.45) is 0 Å². The highest BCUT2D eigenvalue weighted by atomic mass is 79.9. The number of nitro groups is 1. The molecule has 1 aromatic rings. The predicted molar refractivity (Wildman–Crippen MR) is 79.0 cm³/mol. The quantitative estimate of drug-likeness (QED) is 0.634. The first kappa shape index (κ1) is 15.2. The Morgan fingerprint density at radius 3 is 2.90 bits per heavy atom. The number of methoxy groups -OCH3 is 1. The molecule has 1 N–H and O–H groups in total. The standard InChI is InChI=1S/C13H17BrN2O4/c1-3-20-12-7-10(13(12)19-2)15-8-4-5-9(14)11(6-8)16(17)18/h4-6,10,12-13,15H,3,7H2,1-2H3. The lowest BCUT2D eigenvalue weighted by Crippen LogP contribution is -2.56. The molecule has 6 nitrogen and oxygen atoms in total. The number of anilines is 1. The maximum Gasteiger partial charge on any atom is 0.285 e. The van der Waals surface area contributed by atoms with Crippen molar-refractivity contribution in [2.45, 2.75) is 31.6 Å². The van der Waals surface area contributed by atoms with Crippen LogP contribution in [-0.4, -0.2) is 36.9 Å². The van der Waals surface area contributed by atoms with Gasteiger partial charge in [0.2, 0.25) is 0 Å². The van der Waals surface area contributed by atoms with Crippen LogP contribution in [0.15, 0.2) is 22.7 Å². The Morgan fingerprint density at radius 2 is 2.30 bits per heavy atom. The van der Waals surface area contributed by atoms with Crippen LogP contribution in [0.1, 0.15) is 13.3 Å². The molecule has 0 amide bonds. The van der Waals surface area contributed by atoms with E-state index in [0.29, 0.717) is 16.8 Å². The highest BCUT2D eigenvalue weighted by molar-refractivity contribution is 9.10. The minimum atomic E-state index is -0.410. The molecule has 20 heavy (non-hydrogen) atoms. The zero-order chi connectivity index (χ0) is 14.7. The molecule has 1 aromatic carbocycles. The molecule has 1 aliphatic rings. The van der Waals surface area contributed by atoms with E-state index in [1.54, 1.807) is 19.2 Å². The van der Waals surface area contributed by atoms with Crippen molar-refractivity contribution in [1.29, 1.82) is 0 Å². The van der Waals surface area contributed by atoms with Crippen LogP contribution >= 0.6 is 15.9 Å². The zero-order valence-electron chi connectivity index (χ0n) is 11.3. The number of hydrogen-bond donors (Lipinski definition) is 1. The first-order valence-corrected chi connectivity index (χ1v) is 7.21. The highest BCUT2D eigenvalue weighted by Gasteiger charge is 2.42. The monoisotopic (exact) mass is 344 g/mol. The van der Waals surface area contributed by atoms with E-state index in [1.807, 2.05) is 6.92 Å². The fraction of sp³-hybridized carbons (Fsp3) is 0.538. The van der Waals surface area contributed by atoms with Crippen LogP contribution in [0.2, 0.25) is 0 Å². The van der Waals surface area contributed by atoms with Gasteiger partial charge >= 0.3 is 0 Å². The molecule has 110 valence electrons. The minimum absolute atomic E-state index is 0.0300. The van der Waals surface area contributed by atoms with Crippen LogP contribution in [0.5, 0.6) is 0 Å². The van der Waals surface area contributed by atoms with Crippen molar-refractivity contribution in [3.63, 3.8) is 0 Å². The van der Waals surface area contributed by atoms with E-state index in [1.165, 1.54) is 6.07 Å². The third-order valence-electron chi connectivity index (χ3n) is 3.40. The second-order valence-corrected chi connectivity index (χ2v) is 5.46. The number of benzene rings is 1. The van der Waals surface area contributed by atoms with E-state index in [0.717, 1.165) is 6.42 Å². The molecule has 1 fully saturated rings. The molecular weight excluding hydrogens is 328 g/mol. The Balaban J connectivity index is 2.04. The van der Waals surface area contributed by atoms with Gasteiger partial charge in [-0.3, -0.25) is 10.1 Å². The Bertz CT molecular complexity index is 497. The number of nitro benzene ring substituents is 1. The summed E-state index contributed by atoms with van der Waals surface area (Å²) in [5.74, 6) is 0. The summed E-state index contributed by atoms with van der Waals surface area (Å²) in [7, 11) is 1.65. The van der Waals surface area contributed by atoms with E-state index < -0.39 is 4.92 Å². The van der Waals surface area contributed by atoms with Crippen LogP contribution in [0, 0.1) is 10.1 Å². The molecule has 1 aliphatic carbocycles. The molecule has 3 unspecified atom stereocenters. The van der Waals surface area contributed by atoms with E-state index in [4.69, 9.17) is 9.47 Å². The van der Waals surface area contributed by atoms with E-state index in [2.05, 4.69) is 21.2 Å². The molecule has 0 radical (unpaired) electrons. The lowest BCUT2D eigenvalue weighted by Gasteiger charge is -2.43. The van der Waals surface area contributed by atoms with Gasteiger partial charge in [0.05, 0.1) is 21.5 Å². The van der Waals surface area contributed by atoms with Crippen molar-refractivity contribution in [2.75, 3.05) is 19.0 Å². The highest BCUT2D eigenvalue weighted by Crippen LogP contribution is 2.32. The molecule has 0 saturated heterocycles. The molecule has 0 aromatic heterocycles. The number of rotatable bonds is 6. The number of ether oxygens (including phenoxy) is 2. The van der Waals surface area contributed by atoms with Gasteiger partial charge in [-0.25, -0.2) is 0 Å². The van der Waals surface area contributed by atoms with Crippen LogP contribution in [-0.2, 0) is 9.47 Å². The first-order valence-electron chi connectivity index (χ1n) is 6.41. The lowest BCUT2D eigenvalue weighted by atomic mass is 9.85. The SMILES string of the molecule is CCOC1CC(Nc2ccc(Br)c([N+](=O)[O-])c2)C1OC. The third kappa shape index (κ3) is 3.11. The number of hydrogen-bond acceptors (Lipinski definition) is 5. The smallest absolute Gasteiger partial charge is 0.285 e. The average Bonchev–Trinajstić information content (AvgIpc) is 2.39. The maximum atomic E-state index is 10.9. The molecular formula is C13H17BrN2O4. The fourth-order valence-corrected chi connectivity index (χ4v) is 2.76. The van der Waals surface area contributed by atoms with Crippen molar-refractivity contribution in [1.82, 2.24) is 0 Å². The van der Waals surface area contributed by atoms with Gasteiger partial charge in [0.25, 0.3) is 5.69 Å². The Hall–Kier alpha value is -1.18. The van der Waals surface area contributed by atoms with E-state index in [9.17, 15) is 10.1 Å². The molecule has 0 spiro atoms. The van der Waals surface area contributed by atoms with Crippen LogP contribution < -0.4 is 5.32 Å².